The van der Waals surface area contributed by atoms with E-state index in [0.717, 1.165) is 15.1 Å². The molecule has 0 N–H and O–H groups in total. The summed E-state index contributed by atoms with van der Waals surface area (Å²) in [6, 6.07) is 1.67. The molecule has 86 valence electrons. The Morgan fingerprint density at radius 2 is 2.13 bits per heavy atom. The fourth-order valence-electron chi connectivity index (χ4n) is 1.29. The van der Waals surface area contributed by atoms with Crippen molar-refractivity contribution in [1.29, 1.82) is 0 Å². The Kier molecular flexibility index (Phi) is 4.34. The minimum Gasteiger partial charge on any atom is -0.207 e. The molecule has 0 fully saturated rings. The average molecular weight is 312 g/mol. The highest BCUT2D eigenvalue weighted by molar-refractivity contribution is 9.11. The van der Waals surface area contributed by atoms with E-state index in [-0.39, 0.29) is 0 Å². The first-order chi connectivity index (χ1) is 6.89. The fourth-order valence-corrected chi connectivity index (χ4v) is 4.93. The summed E-state index contributed by atoms with van der Waals surface area (Å²) < 4.78 is 26.4. The zero-order valence-corrected chi connectivity index (χ0v) is 12.2. The normalized spacial score (nSPS) is 12.3. The summed E-state index contributed by atoms with van der Waals surface area (Å²) in [6.45, 7) is 4.33. The molecule has 1 rings (SSSR count). The standard InChI is InChI=1S/C9H14BrNO2S2/c1-4-5-11(3)15(12,13)8-6-9(10)14-7(8)2/h6H,4-5H2,1-3H3. The molecule has 0 spiro atoms. The number of nitrogens with zero attached hydrogens (tertiary/aromatic N) is 1. The molecule has 0 aliphatic carbocycles. The van der Waals surface area contributed by atoms with E-state index in [0.29, 0.717) is 11.4 Å². The van der Waals surface area contributed by atoms with E-state index in [1.807, 2.05) is 13.8 Å². The average Bonchev–Trinajstić information content (AvgIpc) is 2.46. The largest absolute Gasteiger partial charge is 0.243 e. The summed E-state index contributed by atoms with van der Waals surface area (Å²) in [6.07, 6.45) is 0.820. The van der Waals surface area contributed by atoms with Gasteiger partial charge in [0.15, 0.2) is 0 Å². The minimum atomic E-state index is -3.30. The van der Waals surface area contributed by atoms with Gasteiger partial charge in [0, 0.05) is 18.5 Å². The molecule has 6 heteroatoms. The minimum absolute atomic E-state index is 0.412. The van der Waals surface area contributed by atoms with Crippen molar-refractivity contribution < 1.29 is 8.42 Å². The lowest BCUT2D eigenvalue weighted by Crippen LogP contribution is -2.27. The van der Waals surface area contributed by atoms with Crippen LogP contribution in [0.2, 0.25) is 0 Å². The maximum Gasteiger partial charge on any atom is 0.243 e. The van der Waals surface area contributed by atoms with Crippen molar-refractivity contribution in [3.8, 4) is 0 Å². The highest BCUT2D eigenvalue weighted by Crippen LogP contribution is 2.31. The van der Waals surface area contributed by atoms with Gasteiger partial charge in [-0.2, -0.15) is 0 Å². The Hall–Kier alpha value is 0.0900. The molecule has 0 atom stereocenters. The Morgan fingerprint density at radius 1 is 1.53 bits per heavy atom. The Labute approximate surface area is 103 Å². The monoisotopic (exact) mass is 311 g/mol. The van der Waals surface area contributed by atoms with Crippen molar-refractivity contribution in [2.24, 2.45) is 0 Å². The highest BCUT2D eigenvalue weighted by atomic mass is 79.9. The molecule has 0 saturated carbocycles. The van der Waals surface area contributed by atoms with Gasteiger partial charge in [-0.15, -0.1) is 11.3 Å². The van der Waals surface area contributed by atoms with E-state index in [9.17, 15) is 8.42 Å². The van der Waals surface area contributed by atoms with E-state index < -0.39 is 10.0 Å². The van der Waals surface area contributed by atoms with Crippen LogP contribution in [0.4, 0.5) is 0 Å². The molecule has 1 aromatic heterocycles. The van der Waals surface area contributed by atoms with Crippen LogP contribution >= 0.6 is 27.3 Å². The molecule has 0 unspecified atom stereocenters. The van der Waals surface area contributed by atoms with Crippen molar-refractivity contribution in [2.45, 2.75) is 25.2 Å². The lowest BCUT2D eigenvalue weighted by Gasteiger charge is -2.15. The van der Waals surface area contributed by atoms with E-state index in [2.05, 4.69) is 15.9 Å². The van der Waals surface area contributed by atoms with Gasteiger partial charge in [-0.05, 0) is 35.3 Å². The smallest absolute Gasteiger partial charge is 0.207 e. The van der Waals surface area contributed by atoms with E-state index >= 15 is 0 Å². The van der Waals surface area contributed by atoms with E-state index in [1.54, 1.807) is 13.1 Å². The van der Waals surface area contributed by atoms with Gasteiger partial charge in [0.25, 0.3) is 0 Å². The number of sulfonamides is 1. The Bertz CT molecular complexity index is 439. The van der Waals surface area contributed by atoms with Crippen LogP contribution in [-0.4, -0.2) is 26.3 Å². The third-order valence-corrected chi connectivity index (χ3v) is 5.73. The van der Waals surface area contributed by atoms with Crippen molar-refractivity contribution in [3.63, 3.8) is 0 Å². The maximum absolute atomic E-state index is 12.1. The number of halogens is 1. The first-order valence-electron chi connectivity index (χ1n) is 4.62. The summed E-state index contributed by atoms with van der Waals surface area (Å²) >= 11 is 4.74. The van der Waals surface area contributed by atoms with Gasteiger partial charge in [0.1, 0.15) is 0 Å². The van der Waals surface area contributed by atoms with Crippen LogP contribution in [0.15, 0.2) is 14.7 Å². The number of rotatable bonds is 4. The Morgan fingerprint density at radius 3 is 2.53 bits per heavy atom. The van der Waals surface area contributed by atoms with Gasteiger partial charge in [-0.3, -0.25) is 0 Å². The quantitative estimate of drug-likeness (QED) is 0.857. The first-order valence-corrected chi connectivity index (χ1v) is 7.66. The second kappa shape index (κ2) is 4.95. The third-order valence-electron chi connectivity index (χ3n) is 2.07. The zero-order valence-electron chi connectivity index (χ0n) is 8.95. The van der Waals surface area contributed by atoms with Crippen LogP contribution in [-0.2, 0) is 10.0 Å². The number of aryl methyl sites for hydroxylation is 1. The molecule has 15 heavy (non-hydrogen) atoms. The summed E-state index contributed by atoms with van der Waals surface area (Å²) in [5.41, 5.74) is 0. The molecule has 0 saturated heterocycles. The van der Waals surface area contributed by atoms with Crippen LogP contribution in [0.5, 0.6) is 0 Å². The fraction of sp³-hybridized carbons (Fsp3) is 0.556. The summed E-state index contributed by atoms with van der Waals surface area (Å²) in [7, 11) is -1.68. The van der Waals surface area contributed by atoms with Gasteiger partial charge >= 0.3 is 0 Å². The number of hydrogen-bond donors (Lipinski definition) is 0. The van der Waals surface area contributed by atoms with Crippen molar-refractivity contribution in [2.75, 3.05) is 13.6 Å². The predicted octanol–water partition coefficient (Wildman–Crippen LogP) is 2.85. The van der Waals surface area contributed by atoms with Gasteiger partial charge in [0.2, 0.25) is 10.0 Å². The van der Waals surface area contributed by atoms with Crippen molar-refractivity contribution in [3.05, 3.63) is 14.7 Å². The van der Waals surface area contributed by atoms with Gasteiger partial charge in [-0.1, -0.05) is 6.92 Å². The molecule has 0 aliphatic heterocycles. The molecule has 0 amide bonds. The third kappa shape index (κ3) is 2.81. The topological polar surface area (TPSA) is 37.4 Å². The summed E-state index contributed by atoms with van der Waals surface area (Å²) in [5.74, 6) is 0. The van der Waals surface area contributed by atoms with Crippen LogP contribution in [0.3, 0.4) is 0 Å². The van der Waals surface area contributed by atoms with Crippen LogP contribution in [0, 0.1) is 6.92 Å². The molecular formula is C9H14BrNO2S2. The Balaban J connectivity index is 3.11. The molecule has 0 aliphatic rings. The number of hydrogen-bond acceptors (Lipinski definition) is 3. The summed E-state index contributed by atoms with van der Waals surface area (Å²) in [4.78, 5) is 1.24. The van der Waals surface area contributed by atoms with Gasteiger partial charge < -0.3 is 0 Å². The maximum atomic E-state index is 12.1. The first kappa shape index (κ1) is 13.2. The predicted molar refractivity (Wildman–Crippen MR) is 66.9 cm³/mol. The van der Waals surface area contributed by atoms with E-state index in [4.69, 9.17) is 0 Å². The highest BCUT2D eigenvalue weighted by Gasteiger charge is 2.23. The molecule has 3 nitrogen and oxygen atoms in total. The van der Waals surface area contributed by atoms with Crippen LogP contribution in [0.1, 0.15) is 18.2 Å². The van der Waals surface area contributed by atoms with Gasteiger partial charge in [-0.25, -0.2) is 12.7 Å². The molecule has 0 bridgehead atoms. The summed E-state index contributed by atoms with van der Waals surface area (Å²) in [5, 5.41) is 0. The van der Waals surface area contributed by atoms with E-state index in [1.165, 1.54) is 15.6 Å². The van der Waals surface area contributed by atoms with Crippen molar-refractivity contribution in [1.82, 2.24) is 4.31 Å². The number of thiophene rings is 1. The molecule has 1 heterocycles. The second-order valence-electron chi connectivity index (χ2n) is 3.30. The lowest BCUT2D eigenvalue weighted by atomic mass is 10.5. The molecular weight excluding hydrogens is 298 g/mol. The molecule has 0 radical (unpaired) electrons. The second-order valence-corrected chi connectivity index (χ2v) is 7.95. The lowest BCUT2D eigenvalue weighted by molar-refractivity contribution is 0.468. The molecule has 1 aromatic rings. The van der Waals surface area contributed by atoms with Gasteiger partial charge in [0.05, 0.1) is 8.68 Å². The molecule has 0 aromatic carbocycles. The van der Waals surface area contributed by atoms with Crippen LogP contribution in [0.25, 0.3) is 0 Å². The van der Waals surface area contributed by atoms with Crippen LogP contribution < -0.4 is 0 Å². The SMILES string of the molecule is CCCN(C)S(=O)(=O)c1cc(Br)sc1C. The van der Waals surface area contributed by atoms with Crippen molar-refractivity contribution >= 4 is 37.3 Å². The zero-order chi connectivity index (χ0) is 11.6.